The highest BCUT2D eigenvalue weighted by atomic mass is 32.1. The fourth-order valence-corrected chi connectivity index (χ4v) is 2.83. The third kappa shape index (κ3) is 2.79. The van der Waals surface area contributed by atoms with Gasteiger partial charge in [-0.1, -0.05) is 13.8 Å². The maximum Gasteiger partial charge on any atom is 0.107 e. The molecule has 1 N–H and O–H groups in total. The molecule has 1 aliphatic carbocycles. The molecule has 0 bridgehead atoms. The van der Waals surface area contributed by atoms with Gasteiger partial charge >= 0.3 is 0 Å². The number of aromatic nitrogens is 1. The topological polar surface area (TPSA) is 24.9 Å². The third-order valence-electron chi connectivity index (χ3n) is 3.33. The van der Waals surface area contributed by atoms with E-state index < -0.39 is 0 Å². The molecule has 0 atom stereocenters. The molecule has 1 aromatic rings. The first-order valence-electron chi connectivity index (χ1n) is 5.80. The molecule has 1 heterocycles. The first-order valence-corrected chi connectivity index (χ1v) is 6.61. The third-order valence-corrected chi connectivity index (χ3v) is 4.24. The molecule has 0 saturated heterocycles. The lowest BCUT2D eigenvalue weighted by atomic mass is 9.74. The smallest absolute Gasteiger partial charge is 0.107 e. The lowest BCUT2D eigenvalue weighted by Gasteiger charge is -2.38. The van der Waals surface area contributed by atoms with E-state index in [9.17, 15) is 0 Å². The number of nitrogens with one attached hydrogen (secondary N) is 1. The summed E-state index contributed by atoms with van der Waals surface area (Å²) in [5, 5.41) is 4.80. The summed E-state index contributed by atoms with van der Waals surface area (Å²) in [6, 6.07) is 0.738. The van der Waals surface area contributed by atoms with Gasteiger partial charge in [-0.2, -0.15) is 0 Å². The van der Waals surface area contributed by atoms with E-state index in [1.165, 1.54) is 22.7 Å². The summed E-state index contributed by atoms with van der Waals surface area (Å²) < 4.78 is 0. The van der Waals surface area contributed by atoms with Crippen LogP contribution in [-0.2, 0) is 6.54 Å². The van der Waals surface area contributed by atoms with Gasteiger partial charge in [0, 0.05) is 23.7 Å². The van der Waals surface area contributed by atoms with Gasteiger partial charge < -0.3 is 5.32 Å². The predicted octanol–water partition coefficient (Wildman–Crippen LogP) is 2.98. The van der Waals surface area contributed by atoms with Gasteiger partial charge in [-0.3, -0.25) is 0 Å². The summed E-state index contributed by atoms with van der Waals surface area (Å²) in [4.78, 5) is 5.66. The van der Waals surface area contributed by atoms with Crippen LogP contribution in [0.15, 0.2) is 6.20 Å². The quantitative estimate of drug-likeness (QED) is 0.850. The monoisotopic (exact) mass is 224 g/mol. The normalized spacial score (nSPS) is 25.6. The van der Waals surface area contributed by atoms with E-state index >= 15 is 0 Å². The molecular formula is C12H20N2S. The Morgan fingerprint density at radius 3 is 2.80 bits per heavy atom. The zero-order valence-electron chi connectivity index (χ0n) is 9.79. The average Bonchev–Trinajstić information content (AvgIpc) is 2.48. The first-order chi connectivity index (χ1) is 7.15. The van der Waals surface area contributed by atoms with Crippen molar-refractivity contribution in [3.05, 3.63) is 16.1 Å². The molecule has 1 aromatic heterocycles. The Bertz CT molecular complexity index is 313. The Morgan fingerprint density at radius 2 is 2.27 bits per heavy atom. The Labute approximate surface area is 96.1 Å². The molecule has 2 nitrogen and oxygen atoms in total. The van der Waals surface area contributed by atoms with E-state index in [1.807, 2.05) is 6.20 Å². The zero-order chi connectivity index (χ0) is 10.8. The minimum atomic E-state index is 0.738. The lowest BCUT2D eigenvalue weighted by Crippen LogP contribution is -2.42. The Hall–Kier alpha value is -0.410. The van der Waals surface area contributed by atoms with Crippen LogP contribution >= 0.6 is 11.3 Å². The van der Waals surface area contributed by atoms with Crippen LogP contribution < -0.4 is 5.32 Å². The molecule has 1 aliphatic rings. The number of nitrogens with zero attached hydrogens (tertiary/aromatic N) is 1. The van der Waals surface area contributed by atoms with Crippen LogP contribution in [0.25, 0.3) is 0 Å². The van der Waals surface area contributed by atoms with Crippen molar-refractivity contribution in [3.63, 3.8) is 0 Å². The van der Waals surface area contributed by atoms with E-state index in [0.717, 1.165) is 24.4 Å². The highest BCUT2D eigenvalue weighted by Crippen LogP contribution is 2.33. The maximum atomic E-state index is 4.36. The number of rotatable bonds is 4. The highest BCUT2D eigenvalue weighted by molar-refractivity contribution is 7.11. The number of aryl methyl sites for hydroxylation is 1. The second-order valence-corrected chi connectivity index (χ2v) is 6.24. The van der Waals surface area contributed by atoms with E-state index in [1.54, 1.807) is 11.3 Å². The van der Waals surface area contributed by atoms with E-state index in [2.05, 4.69) is 31.1 Å². The van der Waals surface area contributed by atoms with Crippen LogP contribution in [0, 0.1) is 18.8 Å². The summed E-state index contributed by atoms with van der Waals surface area (Å²) in [5.41, 5.74) is 0. The molecule has 2 rings (SSSR count). The minimum Gasteiger partial charge on any atom is -0.308 e. The van der Waals surface area contributed by atoms with Crippen molar-refractivity contribution < 1.29 is 0 Å². The Balaban J connectivity index is 1.68. The molecule has 0 spiro atoms. The minimum absolute atomic E-state index is 0.738. The van der Waals surface area contributed by atoms with Crippen molar-refractivity contribution in [2.75, 3.05) is 0 Å². The van der Waals surface area contributed by atoms with Crippen molar-refractivity contribution in [3.8, 4) is 0 Å². The second kappa shape index (κ2) is 4.62. The van der Waals surface area contributed by atoms with Gasteiger partial charge in [-0.05, 0) is 31.6 Å². The average molecular weight is 224 g/mol. The van der Waals surface area contributed by atoms with Gasteiger partial charge in [-0.15, -0.1) is 11.3 Å². The number of hydrogen-bond donors (Lipinski definition) is 1. The molecular weight excluding hydrogens is 204 g/mol. The van der Waals surface area contributed by atoms with Crippen LogP contribution in [0.4, 0.5) is 0 Å². The van der Waals surface area contributed by atoms with E-state index in [-0.39, 0.29) is 0 Å². The van der Waals surface area contributed by atoms with Crippen LogP contribution in [0.5, 0.6) is 0 Å². The first kappa shape index (κ1) is 11.1. The SMILES string of the molecule is Cc1cnc(CNC2CC(C(C)C)C2)s1. The lowest BCUT2D eigenvalue weighted by molar-refractivity contribution is 0.167. The van der Waals surface area contributed by atoms with Crippen LogP contribution in [-0.4, -0.2) is 11.0 Å². The van der Waals surface area contributed by atoms with E-state index in [4.69, 9.17) is 0 Å². The van der Waals surface area contributed by atoms with Crippen LogP contribution in [0.3, 0.4) is 0 Å². The maximum absolute atomic E-state index is 4.36. The Kier molecular flexibility index (Phi) is 3.42. The summed E-state index contributed by atoms with van der Waals surface area (Å²) in [7, 11) is 0. The van der Waals surface area contributed by atoms with Crippen LogP contribution in [0.1, 0.15) is 36.6 Å². The zero-order valence-corrected chi connectivity index (χ0v) is 10.6. The van der Waals surface area contributed by atoms with Crippen molar-refractivity contribution in [2.45, 2.75) is 46.2 Å². The molecule has 0 aliphatic heterocycles. The van der Waals surface area contributed by atoms with Gasteiger partial charge in [0.2, 0.25) is 0 Å². The fraction of sp³-hybridized carbons (Fsp3) is 0.750. The Morgan fingerprint density at radius 1 is 1.53 bits per heavy atom. The van der Waals surface area contributed by atoms with Gasteiger partial charge in [0.25, 0.3) is 0 Å². The summed E-state index contributed by atoms with van der Waals surface area (Å²) in [6.07, 6.45) is 4.66. The number of hydrogen-bond acceptors (Lipinski definition) is 3. The molecule has 1 fully saturated rings. The molecule has 0 unspecified atom stereocenters. The number of thiazole rings is 1. The van der Waals surface area contributed by atoms with Crippen molar-refractivity contribution in [1.29, 1.82) is 0 Å². The van der Waals surface area contributed by atoms with Gasteiger partial charge in [0.1, 0.15) is 5.01 Å². The standard InChI is InChI=1S/C12H20N2S/c1-8(2)10-4-11(5-10)13-7-12-14-6-9(3)15-12/h6,8,10-11,13H,4-5,7H2,1-3H3. The molecule has 0 amide bonds. The highest BCUT2D eigenvalue weighted by Gasteiger charge is 2.30. The van der Waals surface area contributed by atoms with Crippen LogP contribution in [0.2, 0.25) is 0 Å². The summed E-state index contributed by atoms with van der Waals surface area (Å²) in [5.74, 6) is 1.80. The van der Waals surface area contributed by atoms with Gasteiger partial charge in [0.05, 0.1) is 0 Å². The van der Waals surface area contributed by atoms with Crippen molar-refractivity contribution in [1.82, 2.24) is 10.3 Å². The molecule has 1 saturated carbocycles. The molecule has 0 radical (unpaired) electrons. The van der Waals surface area contributed by atoms with Crippen molar-refractivity contribution >= 4 is 11.3 Å². The predicted molar refractivity (Wildman–Crippen MR) is 65.0 cm³/mol. The largest absolute Gasteiger partial charge is 0.308 e. The fourth-order valence-electron chi connectivity index (χ4n) is 2.09. The second-order valence-electron chi connectivity index (χ2n) is 4.92. The van der Waals surface area contributed by atoms with Gasteiger partial charge in [-0.25, -0.2) is 4.98 Å². The van der Waals surface area contributed by atoms with Crippen molar-refractivity contribution in [2.24, 2.45) is 11.8 Å². The molecule has 15 heavy (non-hydrogen) atoms. The summed E-state index contributed by atoms with van der Waals surface area (Å²) in [6.45, 7) is 7.71. The van der Waals surface area contributed by atoms with Gasteiger partial charge in [0.15, 0.2) is 0 Å². The molecule has 3 heteroatoms. The summed E-state index contributed by atoms with van der Waals surface area (Å²) >= 11 is 1.80. The van der Waals surface area contributed by atoms with E-state index in [0.29, 0.717) is 0 Å². The molecule has 84 valence electrons. The molecule has 0 aromatic carbocycles.